The molecule has 1 aromatic rings. The van der Waals surface area contributed by atoms with E-state index in [9.17, 15) is 9.59 Å². The number of hydrogen-bond acceptors (Lipinski definition) is 3. The van der Waals surface area contributed by atoms with Crippen molar-refractivity contribution in [2.45, 2.75) is 50.6 Å². The van der Waals surface area contributed by atoms with Gasteiger partial charge >= 0.3 is 0 Å². The van der Waals surface area contributed by atoms with Crippen LogP contribution in [0.2, 0.25) is 0 Å². The van der Waals surface area contributed by atoms with Gasteiger partial charge in [0.25, 0.3) is 5.91 Å². The molecule has 2 fully saturated rings. The van der Waals surface area contributed by atoms with Gasteiger partial charge in [-0.05, 0) is 31.7 Å². The van der Waals surface area contributed by atoms with E-state index >= 15 is 0 Å². The van der Waals surface area contributed by atoms with Crippen molar-refractivity contribution in [1.82, 2.24) is 9.80 Å². The van der Waals surface area contributed by atoms with Gasteiger partial charge in [0.15, 0.2) is 0 Å². The van der Waals surface area contributed by atoms with E-state index in [0.717, 1.165) is 37.5 Å². The van der Waals surface area contributed by atoms with Gasteiger partial charge in [0, 0.05) is 36.4 Å². The third-order valence-electron chi connectivity index (χ3n) is 6.07. The lowest BCUT2D eigenvalue weighted by molar-refractivity contribution is 0.0692. The van der Waals surface area contributed by atoms with Crippen LogP contribution in [0.3, 0.4) is 0 Å². The zero-order valence-corrected chi connectivity index (χ0v) is 14.5. The summed E-state index contributed by atoms with van der Waals surface area (Å²) in [6, 6.07) is 6.14. The molecule has 1 saturated carbocycles. The second-order valence-electron chi connectivity index (χ2n) is 7.42. The number of amides is 2. The van der Waals surface area contributed by atoms with E-state index in [0.29, 0.717) is 16.8 Å². The number of fused-ring (bicyclic) bond motifs is 1. The minimum Gasteiger partial charge on any atom is -0.366 e. The minimum absolute atomic E-state index is 0.117. The van der Waals surface area contributed by atoms with Crippen LogP contribution < -0.4 is 5.73 Å². The molecule has 2 aliphatic heterocycles. The van der Waals surface area contributed by atoms with Crippen molar-refractivity contribution < 1.29 is 9.59 Å². The van der Waals surface area contributed by atoms with E-state index in [-0.39, 0.29) is 11.9 Å². The number of nitrogens with two attached hydrogens (primary N) is 1. The topological polar surface area (TPSA) is 66.6 Å². The molecule has 2 N–H and O–H groups in total. The van der Waals surface area contributed by atoms with Crippen molar-refractivity contribution >= 4 is 17.5 Å². The van der Waals surface area contributed by atoms with E-state index < -0.39 is 5.91 Å². The summed E-state index contributed by atoms with van der Waals surface area (Å²) >= 11 is 0. The van der Waals surface area contributed by atoms with Crippen LogP contribution in [0.5, 0.6) is 0 Å². The van der Waals surface area contributed by atoms with E-state index in [1.807, 2.05) is 11.0 Å². The molecule has 5 heteroatoms. The average molecular weight is 339 g/mol. The number of piperidine rings is 1. The molecule has 5 nitrogen and oxygen atoms in total. The van der Waals surface area contributed by atoms with Crippen LogP contribution in [-0.2, 0) is 0 Å². The Morgan fingerprint density at radius 2 is 1.76 bits per heavy atom. The smallest absolute Gasteiger partial charge is 0.260 e. The Morgan fingerprint density at radius 1 is 1.08 bits per heavy atom. The van der Waals surface area contributed by atoms with Crippen molar-refractivity contribution in [2.24, 2.45) is 5.73 Å². The maximum Gasteiger partial charge on any atom is 0.260 e. The lowest BCUT2D eigenvalue weighted by atomic mass is 10.0. The molecular formula is C20H25N3O2. The first-order chi connectivity index (χ1) is 12.1. The predicted octanol–water partition coefficient (Wildman–Crippen LogP) is 2.62. The van der Waals surface area contributed by atoms with Gasteiger partial charge in [0.05, 0.1) is 11.1 Å². The second-order valence-corrected chi connectivity index (χ2v) is 7.42. The number of carbonyl (C=O) groups excluding carboxylic acids is 2. The Balaban J connectivity index is 1.53. The first-order valence-corrected chi connectivity index (χ1v) is 9.27. The first kappa shape index (κ1) is 16.3. The van der Waals surface area contributed by atoms with Crippen LogP contribution in [-0.4, -0.2) is 46.8 Å². The highest BCUT2D eigenvalue weighted by Crippen LogP contribution is 2.38. The molecule has 0 bridgehead atoms. The number of likely N-dealkylation sites (tertiary alicyclic amines) is 1. The standard InChI is InChI=1S/C20H25N3O2/c1-13-16-7-4-8-17(19(21)24)18(16)20(25)23(13)15-9-11-22(12-10-15)14-5-2-3-6-14/h4,7-8,14-15H,1-3,5-6,9-12H2,(H2,21,24). The highest BCUT2D eigenvalue weighted by atomic mass is 16.2. The monoisotopic (exact) mass is 339 g/mol. The number of primary amides is 1. The molecule has 0 atom stereocenters. The lowest BCUT2D eigenvalue weighted by Gasteiger charge is -2.39. The van der Waals surface area contributed by atoms with Crippen molar-refractivity contribution in [3.63, 3.8) is 0 Å². The molecule has 1 aromatic carbocycles. The largest absolute Gasteiger partial charge is 0.366 e. The summed E-state index contributed by atoms with van der Waals surface area (Å²) in [7, 11) is 0. The average Bonchev–Trinajstić information content (AvgIpc) is 3.23. The Hall–Kier alpha value is -2.14. The van der Waals surface area contributed by atoms with Crippen LogP contribution in [0.1, 0.15) is 64.8 Å². The van der Waals surface area contributed by atoms with Crippen LogP contribution in [0, 0.1) is 0 Å². The molecule has 4 rings (SSSR count). The summed E-state index contributed by atoms with van der Waals surface area (Å²) in [5, 5.41) is 0. The summed E-state index contributed by atoms with van der Waals surface area (Å²) in [5.74, 6) is -0.676. The highest BCUT2D eigenvalue weighted by molar-refractivity contribution is 6.15. The molecule has 25 heavy (non-hydrogen) atoms. The van der Waals surface area contributed by atoms with Crippen molar-refractivity contribution in [3.05, 3.63) is 41.5 Å². The molecule has 0 radical (unpaired) electrons. The first-order valence-electron chi connectivity index (χ1n) is 9.27. The van der Waals surface area contributed by atoms with Crippen LogP contribution in [0.15, 0.2) is 24.8 Å². The van der Waals surface area contributed by atoms with E-state index in [4.69, 9.17) is 5.73 Å². The summed E-state index contributed by atoms with van der Waals surface area (Å²) in [6.07, 6.45) is 7.23. The van der Waals surface area contributed by atoms with E-state index in [2.05, 4.69) is 11.5 Å². The van der Waals surface area contributed by atoms with Gasteiger partial charge < -0.3 is 15.5 Å². The molecule has 1 saturated heterocycles. The zero-order valence-electron chi connectivity index (χ0n) is 14.5. The van der Waals surface area contributed by atoms with Gasteiger partial charge in [-0.1, -0.05) is 31.6 Å². The molecule has 0 aromatic heterocycles. The molecule has 132 valence electrons. The third kappa shape index (κ3) is 2.67. The Labute approximate surface area is 148 Å². The maximum atomic E-state index is 13.0. The summed E-state index contributed by atoms with van der Waals surface area (Å²) < 4.78 is 0. The number of hydrogen-bond donors (Lipinski definition) is 1. The van der Waals surface area contributed by atoms with Crippen molar-refractivity contribution in [2.75, 3.05) is 13.1 Å². The molecule has 1 aliphatic carbocycles. The molecular weight excluding hydrogens is 314 g/mol. The number of rotatable bonds is 3. The third-order valence-corrected chi connectivity index (χ3v) is 6.07. The van der Waals surface area contributed by atoms with Gasteiger partial charge in [0.1, 0.15) is 0 Å². The fraction of sp³-hybridized carbons (Fsp3) is 0.500. The summed E-state index contributed by atoms with van der Waals surface area (Å²) in [6.45, 7) is 6.21. The number of carbonyl (C=O) groups is 2. The van der Waals surface area contributed by atoms with Gasteiger partial charge in [-0.15, -0.1) is 0 Å². The molecule has 2 heterocycles. The highest BCUT2D eigenvalue weighted by Gasteiger charge is 2.40. The normalized spacial score (nSPS) is 22.6. The molecule has 3 aliphatic rings. The quantitative estimate of drug-likeness (QED) is 0.920. The Bertz CT molecular complexity index is 728. The van der Waals surface area contributed by atoms with Crippen LogP contribution in [0.4, 0.5) is 0 Å². The molecule has 2 amide bonds. The van der Waals surface area contributed by atoms with Crippen molar-refractivity contribution in [3.8, 4) is 0 Å². The maximum absolute atomic E-state index is 13.0. The fourth-order valence-electron chi connectivity index (χ4n) is 4.77. The second kappa shape index (κ2) is 6.30. The lowest BCUT2D eigenvalue weighted by Crippen LogP contribution is -2.47. The number of benzene rings is 1. The van der Waals surface area contributed by atoms with Crippen LogP contribution in [0.25, 0.3) is 5.70 Å². The van der Waals surface area contributed by atoms with Gasteiger partial charge in [-0.3, -0.25) is 9.59 Å². The van der Waals surface area contributed by atoms with Gasteiger partial charge in [0.2, 0.25) is 5.91 Å². The Morgan fingerprint density at radius 3 is 2.40 bits per heavy atom. The van der Waals surface area contributed by atoms with Gasteiger partial charge in [-0.25, -0.2) is 0 Å². The zero-order chi connectivity index (χ0) is 17.6. The molecule has 0 unspecified atom stereocenters. The summed E-state index contributed by atoms with van der Waals surface area (Å²) in [4.78, 5) is 29.1. The number of nitrogens with zero attached hydrogens (tertiary/aromatic N) is 2. The van der Waals surface area contributed by atoms with Crippen LogP contribution >= 0.6 is 0 Å². The molecule has 0 spiro atoms. The SMILES string of the molecule is C=C1c2cccc(C(N)=O)c2C(=O)N1C1CCN(C2CCCC2)CC1. The fourth-order valence-corrected chi connectivity index (χ4v) is 4.77. The minimum atomic E-state index is -0.559. The van der Waals surface area contributed by atoms with E-state index in [1.165, 1.54) is 25.7 Å². The van der Waals surface area contributed by atoms with Crippen molar-refractivity contribution in [1.29, 1.82) is 0 Å². The summed E-state index contributed by atoms with van der Waals surface area (Å²) in [5.41, 5.74) is 7.65. The van der Waals surface area contributed by atoms with E-state index in [1.54, 1.807) is 12.1 Å². The predicted molar refractivity (Wildman–Crippen MR) is 97.0 cm³/mol. The van der Waals surface area contributed by atoms with Gasteiger partial charge in [-0.2, -0.15) is 0 Å². The Kier molecular flexibility index (Phi) is 4.12.